The smallest absolute Gasteiger partial charge is 0.129 e. The van der Waals surface area contributed by atoms with Crippen molar-refractivity contribution in [3.05, 3.63) is 35.8 Å². The third kappa shape index (κ3) is 7.73. The first kappa shape index (κ1) is 11.8. The summed E-state index contributed by atoms with van der Waals surface area (Å²) in [5.74, 6) is 0. The normalized spacial score (nSPS) is 8.00. The molecular weight excluding hydrogens is 252 g/mol. The number of hydrogen-bond donors (Lipinski definition) is 0. The maximum Gasteiger partial charge on any atom is 0.129 e. The average Bonchev–Trinajstić information content (AvgIpc) is 3.09. The van der Waals surface area contributed by atoms with Gasteiger partial charge in [-0.3, -0.25) is 0 Å². The van der Waals surface area contributed by atoms with E-state index in [9.17, 15) is 0 Å². The molecule has 6 nitrogen and oxygen atoms in total. The van der Waals surface area contributed by atoms with Crippen molar-refractivity contribution in [1.29, 1.82) is 0 Å². The first-order valence-corrected chi connectivity index (χ1v) is 6.02. The van der Waals surface area contributed by atoms with Gasteiger partial charge in [0.05, 0.1) is 30.3 Å². The van der Waals surface area contributed by atoms with Crippen LogP contribution in [-0.2, 0) is 0 Å². The summed E-state index contributed by atoms with van der Waals surface area (Å²) < 4.78 is 14.5. The second-order valence-corrected chi connectivity index (χ2v) is 3.62. The zero-order chi connectivity index (χ0) is 10.6. The molecule has 78 valence electrons. The maximum absolute atomic E-state index is 3.65. The van der Waals surface area contributed by atoms with E-state index in [1.54, 1.807) is 24.1 Å². The van der Waals surface area contributed by atoms with Gasteiger partial charge in [-0.1, -0.05) is 4.49 Å². The lowest BCUT2D eigenvalue weighted by Gasteiger charge is -1.40. The van der Waals surface area contributed by atoms with Crippen LogP contribution < -0.4 is 0 Å². The molecule has 3 rings (SSSR count). The number of hydrogen-bond acceptors (Lipinski definition) is 9. The van der Waals surface area contributed by atoms with Gasteiger partial charge < -0.3 is 0 Å². The predicted molar refractivity (Wildman–Crippen MR) is 59.7 cm³/mol. The minimum absolute atomic E-state index is 1.21. The average molecular weight is 258 g/mol. The number of nitrogens with zero attached hydrogens (tertiary/aromatic N) is 6. The van der Waals surface area contributed by atoms with Gasteiger partial charge in [-0.15, -0.1) is 5.10 Å². The van der Waals surface area contributed by atoms with E-state index in [0.29, 0.717) is 0 Å². The molecule has 0 saturated heterocycles. The molecule has 9 heteroatoms. The third-order valence-electron chi connectivity index (χ3n) is 0.848. The molecule has 0 aliphatic heterocycles. The van der Waals surface area contributed by atoms with E-state index in [1.807, 2.05) is 5.38 Å². The molecule has 0 atom stereocenters. The summed E-state index contributed by atoms with van der Waals surface area (Å²) in [5.41, 5.74) is 1.68. The van der Waals surface area contributed by atoms with Crippen LogP contribution >= 0.6 is 34.8 Å². The van der Waals surface area contributed by atoms with Crippen LogP contribution in [0.25, 0.3) is 0 Å². The Morgan fingerprint density at radius 3 is 1.93 bits per heavy atom. The standard InChI is InChI=1S/3C2H2N2S/c1-3-2-5-4-1;1-2-5-4-3-1;1-2-4-5-3-1/h3*1-2H. The van der Waals surface area contributed by atoms with Crippen LogP contribution in [0.2, 0.25) is 0 Å². The van der Waals surface area contributed by atoms with Gasteiger partial charge in [0, 0.05) is 5.38 Å². The molecule has 0 bridgehead atoms. The monoisotopic (exact) mass is 258 g/mol. The fourth-order valence-electron chi connectivity index (χ4n) is 0.408. The van der Waals surface area contributed by atoms with Crippen LogP contribution in [0.3, 0.4) is 0 Å². The van der Waals surface area contributed by atoms with Gasteiger partial charge in [0.15, 0.2) is 0 Å². The van der Waals surface area contributed by atoms with Gasteiger partial charge in [0.2, 0.25) is 0 Å². The van der Waals surface area contributed by atoms with Gasteiger partial charge in [0.25, 0.3) is 0 Å². The summed E-state index contributed by atoms with van der Waals surface area (Å²) in [5, 5.41) is 5.31. The predicted octanol–water partition coefficient (Wildman–Crippen LogP) is 1.61. The van der Waals surface area contributed by atoms with E-state index in [1.165, 1.54) is 41.1 Å². The summed E-state index contributed by atoms with van der Waals surface area (Å²) in [6.07, 6.45) is 6.49. The molecule has 0 aromatic carbocycles. The Kier molecular flexibility index (Phi) is 7.24. The topological polar surface area (TPSA) is 77.3 Å². The van der Waals surface area contributed by atoms with Crippen molar-refractivity contribution in [3.8, 4) is 0 Å². The fraction of sp³-hybridized carbons (Fsp3) is 0. The Bertz CT molecular complexity index is 255. The zero-order valence-electron chi connectivity index (χ0n) is 7.37. The molecule has 0 spiro atoms. The lowest BCUT2D eigenvalue weighted by atomic mass is 11.0. The lowest BCUT2D eigenvalue weighted by Crippen LogP contribution is -1.51. The van der Waals surface area contributed by atoms with E-state index in [-0.39, 0.29) is 0 Å². The summed E-state index contributed by atoms with van der Waals surface area (Å²) in [7, 11) is 0. The highest BCUT2D eigenvalue weighted by molar-refractivity contribution is 7.03. The first-order valence-electron chi connectivity index (χ1n) is 3.62. The van der Waals surface area contributed by atoms with Gasteiger partial charge in [-0.05, 0) is 23.1 Å². The Morgan fingerprint density at radius 1 is 0.867 bits per heavy atom. The van der Waals surface area contributed by atoms with Crippen LogP contribution in [0.1, 0.15) is 0 Å². The summed E-state index contributed by atoms with van der Waals surface area (Å²) in [6, 6.07) is 0. The van der Waals surface area contributed by atoms with Crippen molar-refractivity contribution in [2.24, 2.45) is 0 Å². The lowest BCUT2D eigenvalue weighted by molar-refractivity contribution is 1.16. The molecule has 0 amide bonds. The van der Waals surface area contributed by atoms with E-state index >= 15 is 0 Å². The van der Waals surface area contributed by atoms with Crippen LogP contribution in [0, 0.1) is 0 Å². The zero-order valence-corrected chi connectivity index (χ0v) is 9.82. The molecule has 0 N–H and O–H groups in total. The molecule has 0 aliphatic rings. The summed E-state index contributed by atoms with van der Waals surface area (Å²) in [4.78, 5) is 3.63. The fourth-order valence-corrected chi connectivity index (χ4v) is 1.22. The van der Waals surface area contributed by atoms with Gasteiger partial charge in [-0.2, -0.15) is 13.1 Å². The Labute approximate surface area is 98.3 Å². The Morgan fingerprint density at radius 2 is 1.73 bits per heavy atom. The molecule has 15 heavy (non-hydrogen) atoms. The van der Waals surface area contributed by atoms with Crippen molar-refractivity contribution in [1.82, 2.24) is 27.7 Å². The molecule has 3 aromatic rings. The molecule has 0 fully saturated rings. The van der Waals surface area contributed by atoms with Crippen LogP contribution in [0.4, 0.5) is 0 Å². The van der Waals surface area contributed by atoms with Gasteiger partial charge in [-0.25, -0.2) is 4.98 Å². The highest BCUT2D eigenvalue weighted by Gasteiger charge is 1.61. The SMILES string of the molecule is c1cnsn1.c1csnn1.c1ncsn1. The molecule has 3 heterocycles. The minimum Gasteiger partial charge on any atom is -0.231 e. The molecule has 0 unspecified atom stereocenters. The molecular formula is C6H6N6S3. The van der Waals surface area contributed by atoms with Crippen molar-refractivity contribution in [2.75, 3.05) is 0 Å². The van der Waals surface area contributed by atoms with Gasteiger partial charge >= 0.3 is 0 Å². The largest absolute Gasteiger partial charge is 0.231 e. The van der Waals surface area contributed by atoms with E-state index < -0.39 is 0 Å². The Balaban J connectivity index is 0.000000112. The third-order valence-corrected chi connectivity index (χ3v) is 2.14. The second-order valence-electron chi connectivity index (χ2n) is 1.76. The Hall–Kier alpha value is -1.32. The highest BCUT2D eigenvalue weighted by atomic mass is 32.1. The van der Waals surface area contributed by atoms with Crippen LogP contribution in [0.15, 0.2) is 35.8 Å². The van der Waals surface area contributed by atoms with E-state index in [4.69, 9.17) is 0 Å². The van der Waals surface area contributed by atoms with E-state index in [2.05, 4.69) is 27.7 Å². The number of rotatable bonds is 0. The number of aromatic nitrogens is 6. The molecule has 0 saturated carbocycles. The first-order chi connectivity index (χ1) is 7.50. The van der Waals surface area contributed by atoms with Crippen LogP contribution in [-0.4, -0.2) is 27.7 Å². The maximum atomic E-state index is 3.65. The van der Waals surface area contributed by atoms with Crippen molar-refractivity contribution >= 4 is 34.8 Å². The molecule has 3 aromatic heterocycles. The van der Waals surface area contributed by atoms with Gasteiger partial charge in [0.1, 0.15) is 11.8 Å². The minimum atomic E-state index is 1.21. The second kappa shape index (κ2) is 9.24. The highest BCUT2D eigenvalue weighted by Crippen LogP contribution is 1.78. The van der Waals surface area contributed by atoms with Crippen molar-refractivity contribution in [2.45, 2.75) is 0 Å². The van der Waals surface area contributed by atoms with Crippen molar-refractivity contribution < 1.29 is 0 Å². The van der Waals surface area contributed by atoms with E-state index in [0.717, 1.165) is 0 Å². The van der Waals surface area contributed by atoms with Crippen LogP contribution in [0.5, 0.6) is 0 Å². The molecule has 0 aliphatic carbocycles. The molecule has 0 radical (unpaired) electrons. The summed E-state index contributed by atoms with van der Waals surface area (Å²) in [6.45, 7) is 0. The summed E-state index contributed by atoms with van der Waals surface area (Å²) >= 11 is 3.92. The van der Waals surface area contributed by atoms with Crippen molar-refractivity contribution in [3.63, 3.8) is 0 Å². The quantitative estimate of drug-likeness (QED) is 0.609.